The Morgan fingerprint density at radius 1 is 1.22 bits per heavy atom. The Morgan fingerprint density at radius 3 is 2.52 bits per heavy atom. The number of nitrogens with one attached hydrogen (secondary N) is 1. The highest BCUT2D eigenvalue weighted by Crippen LogP contribution is 2.26. The standard InChI is InChI=1S/C17H15FN2O3/c1-17(2,22)16(21)19-11-8-6-10(7-9-11)15-20-13-5-3-4-12(18)14(13)23-15/h3-9,22H,1-2H3,(H,19,21). The lowest BCUT2D eigenvalue weighted by Gasteiger charge is -2.16. The number of oxazole rings is 1. The van der Waals surface area contributed by atoms with Crippen LogP contribution >= 0.6 is 0 Å². The van der Waals surface area contributed by atoms with Gasteiger partial charge in [0.05, 0.1) is 0 Å². The molecule has 118 valence electrons. The number of para-hydroxylation sites is 1. The van der Waals surface area contributed by atoms with Crippen LogP contribution in [0.5, 0.6) is 0 Å². The molecule has 0 fully saturated rings. The van der Waals surface area contributed by atoms with Gasteiger partial charge in [0, 0.05) is 11.3 Å². The fourth-order valence-corrected chi connectivity index (χ4v) is 2.02. The fourth-order valence-electron chi connectivity index (χ4n) is 2.02. The normalized spacial score (nSPS) is 11.7. The van der Waals surface area contributed by atoms with Gasteiger partial charge in [-0.2, -0.15) is 0 Å². The molecule has 1 heterocycles. The van der Waals surface area contributed by atoms with Crippen molar-refractivity contribution >= 4 is 22.7 Å². The minimum atomic E-state index is -1.46. The second kappa shape index (κ2) is 5.48. The van der Waals surface area contributed by atoms with Gasteiger partial charge in [0.25, 0.3) is 5.91 Å². The molecular weight excluding hydrogens is 299 g/mol. The van der Waals surface area contributed by atoms with Crippen molar-refractivity contribution in [3.63, 3.8) is 0 Å². The molecule has 0 spiro atoms. The Morgan fingerprint density at radius 2 is 1.91 bits per heavy atom. The van der Waals surface area contributed by atoms with Crippen molar-refractivity contribution in [1.82, 2.24) is 4.98 Å². The van der Waals surface area contributed by atoms with E-state index in [0.29, 0.717) is 22.7 Å². The van der Waals surface area contributed by atoms with Crippen LogP contribution in [0.15, 0.2) is 46.9 Å². The minimum absolute atomic E-state index is 0.113. The summed E-state index contributed by atoms with van der Waals surface area (Å²) in [5, 5.41) is 12.2. The second-order valence-electron chi connectivity index (χ2n) is 5.70. The van der Waals surface area contributed by atoms with E-state index >= 15 is 0 Å². The van der Waals surface area contributed by atoms with E-state index in [1.165, 1.54) is 19.9 Å². The molecule has 0 bridgehead atoms. The first kappa shape index (κ1) is 15.2. The number of amides is 1. The highest BCUT2D eigenvalue weighted by atomic mass is 19.1. The van der Waals surface area contributed by atoms with Crippen LogP contribution < -0.4 is 5.32 Å². The summed E-state index contributed by atoms with van der Waals surface area (Å²) >= 11 is 0. The van der Waals surface area contributed by atoms with Crippen LogP contribution in [-0.4, -0.2) is 21.6 Å². The molecule has 0 atom stereocenters. The monoisotopic (exact) mass is 314 g/mol. The van der Waals surface area contributed by atoms with Crippen LogP contribution in [0.3, 0.4) is 0 Å². The van der Waals surface area contributed by atoms with Gasteiger partial charge in [-0.1, -0.05) is 6.07 Å². The van der Waals surface area contributed by atoms with E-state index in [4.69, 9.17) is 4.42 Å². The maximum absolute atomic E-state index is 13.6. The van der Waals surface area contributed by atoms with Gasteiger partial charge in [-0.15, -0.1) is 0 Å². The van der Waals surface area contributed by atoms with Crippen LogP contribution in [0, 0.1) is 5.82 Å². The van der Waals surface area contributed by atoms with Crippen LogP contribution in [-0.2, 0) is 4.79 Å². The number of aliphatic hydroxyl groups is 1. The van der Waals surface area contributed by atoms with Gasteiger partial charge in [0.2, 0.25) is 5.89 Å². The second-order valence-corrected chi connectivity index (χ2v) is 5.70. The third-order valence-corrected chi connectivity index (χ3v) is 3.31. The zero-order valence-electron chi connectivity index (χ0n) is 12.6. The third kappa shape index (κ3) is 3.07. The number of benzene rings is 2. The van der Waals surface area contributed by atoms with Gasteiger partial charge in [-0.25, -0.2) is 9.37 Å². The molecule has 6 heteroatoms. The van der Waals surface area contributed by atoms with Gasteiger partial charge < -0.3 is 14.8 Å². The first-order valence-electron chi connectivity index (χ1n) is 7.04. The maximum atomic E-state index is 13.6. The van der Waals surface area contributed by atoms with Gasteiger partial charge in [0.1, 0.15) is 11.1 Å². The number of carbonyl (C=O) groups excluding carboxylic acids is 1. The summed E-state index contributed by atoms with van der Waals surface area (Å²) in [6.07, 6.45) is 0. The molecule has 0 aliphatic rings. The molecule has 0 aliphatic heterocycles. The average Bonchev–Trinajstić information content (AvgIpc) is 2.92. The molecule has 1 aromatic heterocycles. The van der Waals surface area contributed by atoms with Crippen molar-refractivity contribution in [2.45, 2.75) is 19.4 Å². The zero-order valence-corrected chi connectivity index (χ0v) is 12.6. The molecule has 3 rings (SSSR count). The van der Waals surface area contributed by atoms with Gasteiger partial charge in [0.15, 0.2) is 11.4 Å². The Balaban J connectivity index is 1.86. The number of fused-ring (bicyclic) bond motifs is 1. The summed E-state index contributed by atoms with van der Waals surface area (Å²) in [7, 11) is 0. The quantitative estimate of drug-likeness (QED) is 0.777. The summed E-state index contributed by atoms with van der Waals surface area (Å²) in [5.74, 6) is -0.671. The van der Waals surface area contributed by atoms with Crippen molar-refractivity contribution in [3.05, 3.63) is 48.3 Å². The molecule has 0 aliphatic carbocycles. The SMILES string of the molecule is CC(C)(O)C(=O)Nc1ccc(-c2nc3cccc(F)c3o2)cc1. The van der Waals surface area contributed by atoms with Crippen molar-refractivity contribution in [2.24, 2.45) is 0 Å². The van der Waals surface area contributed by atoms with Crippen LogP contribution in [0.4, 0.5) is 10.1 Å². The summed E-state index contributed by atoms with van der Waals surface area (Å²) in [6, 6.07) is 11.3. The zero-order chi connectivity index (χ0) is 16.6. The van der Waals surface area contributed by atoms with Crippen molar-refractivity contribution in [2.75, 3.05) is 5.32 Å². The van der Waals surface area contributed by atoms with Crippen LogP contribution in [0.1, 0.15) is 13.8 Å². The fraction of sp³-hybridized carbons (Fsp3) is 0.176. The van der Waals surface area contributed by atoms with E-state index in [9.17, 15) is 14.3 Å². The Labute approximate surface area is 131 Å². The van der Waals surface area contributed by atoms with Crippen LogP contribution in [0.25, 0.3) is 22.6 Å². The highest BCUT2D eigenvalue weighted by molar-refractivity contribution is 5.96. The number of aromatic nitrogens is 1. The van der Waals surface area contributed by atoms with E-state index < -0.39 is 17.3 Å². The summed E-state index contributed by atoms with van der Waals surface area (Å²) in [6.45, 7) is 2.81. The number of rotatable bonds is 3. The smallest absolute Gasteiger partial charge is 0.255 e. The Hall–Kier alpha value is -2.73. The third-order valence-electron chi connectivity index (χ3n) is 3.31. The first-order valence-corrected chi connectivity index (χ1v) is 7.04. The van der Waals surface area contributed by atoms with Gasteiger partial charge >= 0.3 is 0 Å². The molecule has 1 amide bonds. The molecule has 3 aromatic rings. The van der Waals surface area contributed by atoms with Gasteiger partial charge in [-0.05, 0) is 50.2 Å². The van der Waals surface area contributed by atoms with E-state index in [-0.39, 0.29) is 5.58 Å². The van der Waals surface area contributed by atoms with Crippen molar-refractivity contribution in [3.8, 4) is 11.5 Å². The largest absolute Gasteiger partial charge is 0.433 e. The Bertz CT molecular complexity index is 864. The van der Waals surface area contributed by atoms with E-state index in [1.54, 1.807) is 36.4 Å². The number of hydrogen-bond donors (Lipinski definition) is 2. The molecular formula is C17H15FN2O3. The minimum Gasteiger partial charge on any atom is -0.433 e. The topological polar surface area (TPSA) is 75.4 Å². The lowest BCUT2D eigenvalue weighted by atomic mass is 10.1. The molecule has 0 unspecified atom stereocenters. The summed E-state index contributed by atoms with van der Waals surface area (Å²) in [5.41, 5.74) is 0.280. The number of halogens is 1. The van der Waals surface area contributed by atoms with Gasteiger partial charge in [-0.3, -0.25) is 4.79 Å². The van der Waals surface area contributed by atoms with E-state index in [1.807, 2.05) is 0 Å². The molecule has 2 aromatic carbocycles. The lowest BCUT2D eigenvalue weighted by molar-refractivity contribution is -0.130. The van der Waals surface area contributed by atoms with E-state index in [0.717, 1.165) is 0 Å². The van der Waals surface area contributed by atoms with Crippen molar-refractivity contribution < 1.29 is 18.7 Å². The molecule has 23 heavy (non-hydrogen) atoms. The molecule has 2 N–H and O–H groups in total. The number of anilines is 1. The number of hydrogen-bond acceptors (Lipinski definition) is 4. The molecule has 0 saturated heterocycles. The number of nitrogens with zero attached hydrogens (tertiary/aromatic N) is 1. The maximum Gasteiger partial charge on any atom is 0.255 e. The summed E-state index contributed by atoms with van der Waals surface area (Å²) in [4.78, 5) is 15.9. The predicted octanol–water partition coefficient (Wildman–Crippen LogP) is 3.34. The lowest BCUT2D eigenvalue weighted by Crippen LogP contribution is -2.36. The Kier molecular flexibility index (Phi) is 3.61. The summed E-state index contributed by atoms with van der Waals surface area (Å²) < 4.78 is 19.1. The predicted molar refractivity (Wildman–Crippen MR) is 84.3 cm³/mol. The molecule has 5 nitrogen and oxygen atoms in total. The first-order chi connectivity index (χ1) is 10.8. The highest BCUT2D eigenvalue weighted by Gasteiger charge is 2.23. The molecule has 0 saturated carbocycles. The van der Waals surface area contributed by atoms with Crippen LogP contribution in [0.2, 0.25) is 0 Å². The number of carbonyl (C=O) groups is 1. The van der Waals surface area contributed by atoms with Crippen molar-refractivity contribution in [1.29, 1.82) is 0 Å². The molecule has 0 radical (unpaired) electrons. The average molecular weight is 314 g/mol. The van der Waals surface area contributed by atoms with E-state index in [2.05, 4.69) is 10.3 Å².